The van der Waals surface area contributed by atoms with Crippen molar-refractivity contribution in [2.24, 2.45) is 0 Å². The Kier molecular flexibility index (Phi) is 7.17. The number of amides is 1. The SMILES string of the molecule is CCOCCCNC(=O)c1ccc(S(=O)(=O)NCc2ccco2)cc1. The number of sulfonamides is 1. The minimum absolute atomic E-state index is 0.0669. The predicted octanol–water partition coefficient (Wildman–Crippen LogP) is 1.91. The van der Waals surface area contributed by atoms with Crippen LogP contribution in [0.15, 0.2) is 52.0 Å². The number of carbonyl (C=O) groups is 1. The zero-order valence-electron chi connectivity index (χ0n) is 14.0. The summed E-state index contributed by atoms with van der Waals surface area (Å²) in [6.45, 7) is 3.73. The van der Waals surface area contributed by atoms with Crippen LogP contribution in [0.25, 0.3) is 0 Å². The molecule has 8 heteroatoms. The molecule has 0 bridgehead atoms. The first kappa shape index (κ1) is 19.2. The van der Waals surface area contributed by atoms with E-state index in [0.29, 0.717) is 31.1 Å². The van der Waals surface area contributed by atoms with E-state index in [1.54, 1.807) is 12.1 Å². The Labute approximate surface area is 147 Å². The molecule has 2 N–H and O–H groups in total. The van der Waals surface area contributed by atoms with E-state index in [1.807, 2.05) is 6.92 Å². The Balaban J connectivity index is 1.88. The summed E-state index contributed by atoms with van der Waals surface area (Å²) in [7, 11) is -3.66. The van der Waals surface area contributed by atoms with Gasteiger partial charge in [0, 0.05) is 25.3 Å². The van der Waals surface area contributed by atoms with Gasteiger partial charge in [0.2, 0.25) is 10.0 Å². The summed E-state index contributed by atoms with van der Waals surface area (Å²) in [5, 5.41) is 2.76. The lowest BCUT2D eigenvalue weighted by Gasteiger charge is -2.08. The van der Waals surface area contributed by atoms with E-state index in [-0.39, 0.29) is 17.3 Å². The summed E-state index contributed by atoms with van der Waals surface area (Å²) >= 11 is 0. The maximum Gasteiger partial charge on any atom is 0.251 e. The van der Waals surface area contributed by atoms with Crippen molar-refractivity contribution in [3.63, 3.8) is 0 Å². The van der Waals surface area contributed by atoms with Crippen molar-refractivity contribution in [1.29, 1.82) is 0 Å². The van der Waals surface area contributed by atoms with Gasteiger partial charge < -0.3 is 14.5 Å². The van der Waals surface area contributed by atoms with Gasteiger partial charge in [-0.3, -0.25) is 4.79 Å². The van der Waals surface area contributed by atoms with Gasteiger partial charge in [-0.2, -0.15) is 0 Å². The smallest absolute Gasteiger partial charge is 0.251 e. The van der Waals surface area contributed by atoms with Gasteiger partial charge in [-0.1, -0.05) is 0 Å². The zero-order valence-corrected chi connectivity index (χ0v) is 14.8. The molecule has 0 aliphatic heterocycles. The van der Waals surface area contributed by atoms with Crippen molar-refractivity contribution in [1.82, 2.24) is 10.0 Å². The minimum atomic E-state index is -3.66. The van der Waals surface area contributed by atoms with Gasteiger partial charge in [-0.15, -0.1) is 0 Å². The zero-order chi connectivity index (χ0) is 18.1. The van der Waals surface area contributed by atoms with E-state index < -0.39 is 10.0 Å². The average Bonchev–Trinajstić information content (AvgIpc) is 3.13. The van der Waals surface area contributed by atoms with Crippen LogP contribution in [0.3, 0.4) is 0 Å². The normalized spacial score (nSPS) is 11.4. The van der Waals surface area contributed by atoms with E-state index in [0.717, 1.165) is 6.42 Å². The maximum absolute atomic E-state index is 12.2. The molecule has 0 spiro atoms. The molecule has 1 aromatic carbocycles. The van der Waals surface area contributed by atoms with Crippen molar-refractivity contribution >= 4 is 15.9 Å². The molecule has 1 heterocycles. The van der Waals surface area contributed by atoms with Gasteiger partial charge in [0.25, 0.3) is 5.91 Å². The summed E-state index contributed by atoms with van der Waals surface area (Å²) in [6, 6.07) is 9.14. The average molecular weight is 366 g/mol. The van der Waals surface area contributed by atoms with E-state index in [4.69, 9.17) is 9.15 Å². The van der Waals surface area contributed by atoms with E-state index in [9.17, 15) is 13.2 Å². The van der Waals surface area contributed by atoms with E-state index in [1.165, 1.54) is 30.5 Å². The molecule has 7 nitrogen and oxygen atoms in total. The molecule has 0 saturated heterocycles. The van der Waals surface area contributed by atoms with Crippen LogP contribution < -0.4 is 10.0 Å². The van der Waals surface area contributed by atoms with Crippen LogP contribution in [0.4, 0.5) is 0 Å². The molecule has 0 aliphatic rings. The highest BCUT2D eigenvalue weighted by Crippen LogP contribution is 2.11. The quantitative estimate of drug-likeness (QED) is 0.626. The Morgan fingerprint density at radius 1 is 1.20 bits per heavy atom. The van der Waals surface area contributed by atoms with Gasteiger partial charge in [-0.25, -0.2) is 13.1 Å². The van der Waals surface area contributed by atoms with Crippen molar-refractivity contribution in [2.75, 3.05) is 19.8 Å². The molecule has 0 fully saturated rings. The third-order valence-corrected chi connectivity index (χ3v) is 4.82. The lowest BCUT2D eigenvalue weighted by atomic mass is 10.2. The molecule has 0 atom stereocenters. The molecular formula is C17H22N2O5S. The van der Waals surface area contributed by atoms with Gasteiger partial charge in [-0.05, 0) is 49.7 Å². The number of furan rings is 1. The summed E-state index contributed by atoms with van der Waals surface area (Å²) in [5.74, 6) is 0.274. The van der Waals surface area contributed by atoms with Crippen molar-refractivity contribution in [3.8, 4) is 0 Å². The summed E-state index contributed by atoms with van der Waals surface area (Å²) < 4.78 is 37.2. The Bertz CT molecular complexity index is 755. The van der Waals surface area contributed by atoms with Crippen molar-refractivity contribution in [2.45, 2.75) is 24.8 Å². The van der Waals surface area contributed by atoms with E-state index in [2.05, 4.69) is 10.0 Å². The van der Waals surface area contributed by atoms with Gasteiger partial charge >= 0.3 is 0 Å². The van der Waals surface area contributed by atoms with Crippen LogP contribution in [0.1, 0.15) is 29.5 Å². The topological polar surface area (TPSA) is 97.6 Å². The third-order valence-electron chi connectivity index (χ3n) is 3.40. The van der Waals surface area contributed by atoms with Crippen LogP contribution in [0, 0.1) is 0 Å². The fourth-order valence-corrected chi connectivity index (χ4v) is 3.06. The lowest BCUT2D eigenvalue weighted by molar-refractivity contribution is 0.0944. The molecule has 1 amide bonds. The molecule has 1 aromatic heterocycles. The summed E-state index contributed by atoms with van der Waals surface area (Å²) in [6.07, 6.45) is 2.20. The number of nitrogens with one attached hydrogen (secondary N) is 2. The second-order valence-corrected chi connectivity index (χ2v) is 7.00. The van der Waals surface area contributed by atoms with E-state index >= 15 is 0 Å². The van der Waals surface area contributed by atoms with Gasteiger partial charge in [0.15, 0.2) is 0 Å². The number of hydrogen-bond acceptors (Lipinski definition) is 5. The number of benzene rings is 1. The van der Waals surface area contributed by atoms with Gasteiger partial charge in [0.05, 0.1) is 17.7 Å². The number of hydrogen-bond donors (Lipinski definition) is 2. The summed E-state index contributed by atoms with van der Waals surface area (Å²) in [4.78, 5) is 12.1. The number of carbonyl (C=O) groups excluding carboxylic acids is 1. The monoisotopic (exact) mass is 366 g/mol. The highest BCUT2D eigenvalue weighted by Gasteiger charge is 2.15. The highest BCUT2D eigenvalue weighted by molar-refractivity contribution is 7.89. The Hall–Kier alpha value is -2.16. The standard InChI is InChI=1S/C17H22N2O5S/c1-2-23-11-4-10-18-17(20)14-6-8-16(9-7-14)25(21,22)19-13-15-5-3-12-24-15/h3,5-9,12,19H,2,4,10-11,13H2,1H3,(H,18,20). The molecule has 0 aliphatic carbocycles. The largest absolute Gasteiger partial charge is 0.468 e. The minimum Gasteiger partial charge on any atom is -0.468 e. The van der Waals surface area contributed by atoms with Gasteiger partial charge in [0.1, 0.15) is 5.76 Å². The fourth-order valence-electron chi connectivity index (χ4n) is 2.07. The first-order valence-electron chi connectivity index (χ1n) is 8.01. The second-order valence-electron chi connectivity index (χ2n) is 5.23. The maximum atomic E-state index is 12.2. The first-order valence-corrected chi connectivity index (χ1v) is 9.49. The summed E-state index contributed by atoms with van der Waals surface area (Å²) in [5.41, 5.74) is 0.404. The van der Waals surface area contributed by atoms with Crippen LogP contribution in [-0.2, 0) is 21.3 Å². The van der Waals surface area contributed by atoms with Crippen LogP contribution in [-0.4, -0.2) is 34.1 Å². The van der Waals surface area contributed by atoms with Crippen molar-refractivity contribution < 1.29 is 22.4 Å². The van der Waals surface area contributed by atoms with Crippen molar-refractivity contribution in [3.05, 3.63) is 54.0 Å². The lowest BCUT2D eigenvalue weighted by Crippen LogP contribution is -2.26. The molecule has 2 aromatic rings. The molecule has 2 rings (SSSR count). The molecule has 0 radical (unpaired) electrons. The van der Waals surface area contributed by atoms with Crippen LogP contribution >= 0.6 is 0 Å². The molecule has 0 unspecified atom stereocenters. The molecule has 136 valence electrons. The van der Waals surface area contributed by atoms with Crippen LogP contribution in [0.5, 0.6) is 0 Å². The number of rotatable bonds is 10. The molecule has 25 heavy (non-hydrogen) atoms. The third kappa shape index (κ3) is 6.00. The molecule has 0 saturated carbocycles. The first-order chi connectivity index (χ1) is 12.0. The second kappa shape index (κ2) is 9.36. The Morgan fingerprint density at radius 2 is 1.96 bits per heavy atom. The molecular weight excluding hydrogens is 344 g/mol. The highest BCUT2D eigenvalue weighted by atomic mass is 32.2. The van der Waals surface area contributed by atoms with Crippen LogP contribution in [0.2, 0.25) is 0 Å². The number of ether oxygens (including phenoxy) is 1. The fraction of sp³-hybridized carbons (Fsp3) is 0.353. The predicted molar refractivity (Wildman–Crippen MR) is 92.6 cm³/mol. The Morgan fingerprint density at radius 3 is 2.60 bits per heavy atom.